The third-order valence-corrected chi connectivity index (χ3v) is 5.19. The minimum atomic E-state index is -2.97. The summed E-state index contributed by atoms with van der Waals surface area (Å²) in [5, 5.41) is 12.7. The number of rotatable bonds is 6. The highest BCUT2D eigenvalue weighted by Crippen LogP contribution is 2.49. The van der Waals surface area contributed by atoms with Crippen LogP contribution >= 0.6 is 0 Å². The van der Waals surface area contributed by atoms with Crippen LogP contribution in [0, 0.1) is 18.8 Å². The van der Waals surface area contributed by atoms with E-state index in [-0.39, 0.29) is 22.8 Å². The van der Waals surface area contributed by atoms with E-state index in [4.69, 9.17) is 4.74 Å². The first-order valence-corrected chi connectivity index (χ1v) is 10.2. The summed E-state index contributed by atoms with van der Waals surface area (Å²) in [5.41, 5.74) is 1.56. The zero-order chi connectivity index (χ0) is 24.6. The number of carbonyl (C=O) groups excluding carboxylic acids is 2. The van der Waals surface area contributed by atoms with Crippen molar-refractivity contribution in [2.75, 3.05) is 10.6 Å². The molecule has 1 aliphatic rings. The van der Waals surface area contributed by atoms with Crippen LogP contribution in [-0.2, 0) is 16.6 Å². The van der Waals surface area contributed by atoms with Crippen LogP contribution in [0.15, 0.2) is 30.6 Å². The predicted octanol–water partition coefficient (Wildman–Crippen LogP) is 3.62. The number of carbonyl (C=O) groups is 2. The molecule has 0 unspecified atom stereocenters. The molecule has 34 heavy (non-hydrogen) atoms. The summed E-state index contributed by atoms with van der Waals surface area (Å²) >= 11 is 0. The van der Waals surface area contributed by atoms with Gasteiger partial charge in [-0.25, -0.2) is 23.2 Å². The molecule has 4 rings (SSSR count). The Hall–Kier alpha value is -4.03. The van der Waals surface area contributed by atoms with Gasteiger partial charge in [-0.05, 0) is 37.6 Å². The van der Waals surface area contributed by atoms with Gasteiger partial charge in [-0.3, -0.25) is 15.1 Å². The van der Waals surface area contributed by atoms with Crippen LogP contribution in [0.3, 0.4) is 0 Å². The fraction of sp³-hybridized carbons (Fsp3) is 0.333. The van der Waals surface area contributed by atoms with Crippen molar-refractivity contribution >= 4 is 23.5 Å². The highest BCUT2D eigenvalue weighted by molar-refractivity contribution is 5.95. The average Bonchev–Trinajstić information content (AvgIpc) is 3.29. The Morgan fingerprint density at radius 3 is 2.62 bits per heavy atom. The van der Waals surface area contributed by atoms with Crippen molar-refractivity contribution in [2.24, 2.45) is 13.0 Å². The Balaban J connectivity index is 1.44. The van der Waals surface area contributed by atoms with Crippen LogP contribution < -0.4 is 10.6 Å². The average molecular weight is 475 g/mol. The quantitative estimate of drug-likeness (QED) is 0.522. The number of pyridine rings is 2. The van der Waals surface area contributed by atoms with E-state index >= 15 is 0 Å². The Kier molecular flexibility index (Phi) is 5.94. The summed E-state index contributed by atoms with van der Waals surface area (Å²) in [5.74, 6) is -5.66. The van der Waals surface area contributed by atoms with E-state index in [2.05, 4.69) is 30.9 Å². The van der Waals surface area contributed by atoms with Crippen molar-refractivity contribution in [2.45, 2.75) is 32.3 Å². The zero-order valence-electron chi connectivity index (χ0n) is 18.3. The maximum absolute atomic E-state index is 14.0. The summed E-state index contributed by atoms with van der Waals surface area (Å²) in [7, 11) is 1.53. The van der Waals surface area contributed by atoms with E-state index < -0.39 is 42.3 Å². The van der Waals surface area contributed by atoms with Crippen LogP contribution in [0.5, 0.6) is 0 Å². The number of aryl methyl sites for hydroxylation is 2. The third-order valence-electron chi connectivity index (χ3n) is 5.19. The maximum atomic E-state index is 14.0. The van der Waals surface area contributed by atoms with E-state index in [1.165, 1.54) is 49.2 Å². The van der Waals surface area contributed by atoms with Crippen molar-refractivity contribution in [3.05, 3.63) is 47.7 Å². The van der Waals surface area contributed by atoms with E-state index in [9.17, 15) is 22.8 Å². The first kappa shape index (κ1) is 23.1. The molecule has 178 valence electrons. The van der Waals surface area contributed by atoms with Gasteiger partial charge in [0.15, 0.2) is 11.5 Å². The second-order valence-corrected chi connectivity index (χ2v) is 7.91. The topological polar surface area (TPSA) is 124 Å². The molecule has 1 fully saturated rings. The SMILES string of the molecule is Cc1cnc(F)c([C@@H](C)OC(=O)Nc2c(-c3ccc(NC(=O)[C@@H]4CC4(F)F)cn3)nnn2C)c1. The molecule has 3 heterocycles. The van der Waals surface area contributed by atoms with Crippen LogP contribution in [0.1, 0.15) is 30.6 Å². The Labute approximate surface area is 191 Å². The number of anilines is 2. The number of ether oxygens (including phenoxy) is 1. The molecule has 10 nitrogen and oxygen atoms in total. The molecule has 2 atom stereocenters. The van der Waals surface area contributed by atoms with Crippen LogP contribution in [0.4, 0.5) is 29.5 Å². The van der Waals surface area contributed by atoms with Gasteiger partial charge in [0.1, 0.15) is 12.0 Å². The van der Waals surface area contributed by atoms with Gasteiger partial charge >= 0.3 is 6.09 Å². The Bertz CT molecular complexity index is 1250. The summed E-state index contributed by atoms with van der Waals surface area (Å²) in [4.78, 5) is 32.1. The molecule has 3 aromatic heterocycles. The van der Waals surface area contributed by atoms with Gasteiger partial charge < -0.3 is 10.1 Å². The lowest BCUT2D eigenvalue weighted by atomic mass is 10.1. The summed E-state index contributed by atoms with van der Waals surface area (Å²) in [6.07, 6.45) is 0.372. The molecular formula is C21H20F3N7O3. The summed E-state index contributed by atoms with van der Waals surface area (Å²) in [6, 6.07) is 4.48. The summed E-state index contributed by atoms with van der Waals surface area (Å²) in [6.45, 7) is 3.24. The normalized spacial score (nSPS) is 17.1. The second-order valence-electron chi connectivity index (χ2n) is 7.91. The summed E-state index contributed by atoms with van der Waals surface area (Å²) < 4.78 is 46.6. The lowest BCUT2D eigenvalue weighted by Gasteiger charge is -2.15. The lowest BCUT2D eigenvalue weighted by Crippen LogP contribution is -2.19. The van der Waals surface area contributed by atoms with Gasteiger partial charge in [-0.1, -0.05) is 5.21 Å². The van der Waals surface area contributed by atoms with Crippen LogP contribution in [0.2, 0.25) is 0 Å². The number of aromatic nitrogens is 5. The standard InChI is InChI=1S/C21H20F3N7O3/c1-10-6-13(17(22)26-8-10)11(2)34-20(33)28-18-16(29-30-31(18)3)15-5-4-12(9-25-15)27-19(32)14-7-21(14,23)24/h4-6,8-9,11,14H,7H2,1-3H3,(H,27,32)(H,28,33)/t11-,14+/m1/s1. The van der Waals surface area contributed by atoms with E-state index in [1.807, 2.05) is 0 Å². The number of alkyl halides is 2. The highest BCUT2D eigenvalue weighted by Gasteiger charge is 2.61. The number of nitrogens with zero attached hydrogens (tertiary/aromatic N) is 5. The van der Waals surface area contributed by atoms with E-state index in [0.717, 1.165) is 0 Å². The smallest absolute Gasteiger partial charge is 0.413 e. The minimum absolute atomic E-state index is 0.127. The molecular weight excluding hydrogens is 455 g/mol. The van der Waals surface area contributed by atoms with Crippen molar-refractivity contribution in [1.82, 2.24) is 25.0 Å². The third kappa shape index (κ3) is 4.82. The fourth-order valence-corrected chi connectivity index (χ4v) is 3.22. The number of amides is 2. The highest BCUT2D eigenvalue weighted by atomic mass is 19.3. The number of hydrogen-bond donors (Lipinski definition) is 2. The molecule has 2 N–H and O–H groups in total. The van der Waals surface area contributed by atoms with Gasteiger partial charge in [0.05, 0.1) is 17.6 Å². The number of nitrogens with one attached hydrogen (secondary N) is 2. The van der Waals surface area contributed by atoms with Gasteiger partial charge in [-0.15, -0.1) is 5.10 Å². The lowest BCUT2D eigenvalue weighted by molar-refractivity contribution is -0.119. The van der Waals surface area contributed by atoms with Crippen molar-refractivity contribution in [1.29, 1.82) is 0 Å². The van der Waals surface area contributed by atoms with Gasteiger partial charge in [0.2, 0.25) is 11.9 Å². The maximum Gasteiger partial charge on any atom is 0.413 e. The van der Waals surface area contributed by atoms with Crippen LogP contribution in [-0.4, -0.2) is 42.9 Å². The molecule has 0 radical (unpaired) electrons. The monoisotopic (exact) mass is 475 g/mol. The molecule has 3 aromatic rings. The van der Waals surface area contributed by atoms with E-state index in [0.29, 0.717) is 11.3 Å². The minimum Gasteiger partial charge on any atom is -0.441 e. The largest absolute Gasteiger partial charge is 0.441 e. The van der Waals surface area contributed by atoms with Crippen molar-refractivity contribution < 1.29 is 27.5 Å². The van der Waals surface area contributed by atoms with E-state index in [1.54, 1.807) is 6.92 Å². The number of hydrogen-bond acceptors (Lipinski definition) is 7. The Morgan fingerprint density at radius 1 is 1.24 bits per heavy atom. The second kappa shape index (κ2) is 8.72. The molecule has 1 aliphatic carbocycles. The molecule has 13 heteroatoms. The molecule has 0 aromatic carbocycles. The molecule has 0 bridgehead atoms. The first-order valence-electron chi connectivity index (χ1n) is 10.2. The molecule has 2 amide bonds. The molecule has 1 saturated carbocycles. The molecule has 0 aliphatic heterocycles. The number of halogens is 3. The molecule has 0 spiro atoms. The van der Waals surface area contributed by atoms with Crippen molar-refractivity contribution in [3.8, 4) is 11.4 Å². The van der Waals surface area contributed by atoms with Gasteiger partial charge in [-0.2, -0.15) is 4.39 Å². The molecule has 0 saturated heterocycles. The zero-order valence-corrected chi connectivity index (χ0v) is 18.3. The van der Waals surface area contributed by atoms with Crippen molar-refractivity contribution in [3.63, 3.8) is 0 Å². The van der Waals surface area contributed by atoms with Gasteiger partial charge in [0, 0.05) is 25.2 Å². The Morgan fingerprint density at radius 2 is 1.97 bits per heavy atom. The first-order chi connectivity index (χ1) is 16.0. The van der Waals surface area contributed by atoms with Gasteiger partial charge in [0.25, 0.3) is 5.92 Å². The predicted molar refractivity (Wildman–Crippen MR) is 113 cm³/mol. The van der Waals surface area contributed by atoms with Crippen LogP contribution in [0.25, 0.3) is 11.4 Å². The fourth-order valence-electron chi connectivity index (χ4n) is 3.22.